The lowest BCUT2D eigenvalue weighted by atomic mass is 9.86. The van der Waals surface area contributed by atoms with Crippen molar-refractivity contribution in [2.45, 2.75) is 25.4 Å². The number of hydrogen-bond donors (Lipinski definition) is 3. The van der Waals surface area contributed by atoms with Gasteiger partial charge in [0.2, 0.25) is 0 Å². The standard InChI is InChI=1S/C18H20N2O/c1-18(2,15-9-6-12-19-15)16-11-10-14(20-16)17(21)13-7-4-3-5-8-13/h3-12,17,19-21H,1-2H3. The fourth-order valence-electron chi connectivity index (χ4n) is 2.62. The average Bonchev–Trinajstić information content (AvgIpc) is 3.19. The lowest BCUT2D eigenvalue weighted by Gasteiger charge is -2.22. The van der Waals surface area contributed by atoms with E-state index in [1.807, 2.05) is 54.7 Å². The highest BCUT2D eigenvalue weighted by Gasteiger charge is 2.26. The van der Waals surface area contributed by atoms with Crippen molar-refractivity contribution in [3.63, 3.8) is 0 Å². The van der Waals surface area contributed by atoms with Crippen LogP contribution in [-0.2, 0) is 5.41 Å². The Kier molecular flexibility index (Phi) is 3.43. The van der Waals surface area contributed by atoms with Crippen molar-refractivity contribution < 1.29 is 5.11 Å². The third-order valence-corrected chi connectivity index (χ3v) is 4.06. The first kappa shape index (κ1) is 13.7. The van der Waals surface area contributed by atoms with Crippen LogP contribution in [0.25, 0.3) is 0 Å². The first-order chi connectivity index (χ1) is 10.1. The summed E-state index contributed by atoms with van der Waals surface area (Å²) in [5.41, 5.74) is 3.78. The molecule has 1 aromatic carbocycles. The Morgan fingerprint density at radius 3 is 2.33 bits per heavy atom. The van der Waals surface area contributed by atoms with Crippen LogP contribution in [0, 0.1) is 0 Å². The van der Waals surface area contributed by atoms with E-state index in [-0.39, 0.29) is 5.41 Å². The monoisotopic (exact) mass is 280 g/mol. The van der Waals surface area contributed by atoms with Gasteiger partial charge in [-0.05, 0) is 43.7 Å². The van der Waals surface area contributed by atoms with Crippen molar-refractivity contribution in [2.75, 3.05) is 0 Å². The van der Waals surface area contributed by atoms with E-state index in [1.165, 1.54) is 0 Å². The van der Waals surface area contributed by atoms with Gasteiger partial charge in [-0.1, -0.05) is 30.3 Å². The molecule has 0 saturated heterocycles. The zero-order valence-corrected chi connectivity index (χ0v) is 12.3. The molecule has 0 fully saturated rings. The highest BCUT2D eigenvalue weighted by molar-refractivity contribution is 5.34. The summed E-state index contributed by atoms with van der Waals surface area (Å²) < 4.78 is 0. The second kappa shape index (κ2) is 5.26. The number of aliphatic hydroxyl groups is 1. The largest absolute Gasteiger partial charge is 0.382 e. The number of nitrogens with one attached hydrogen (secondary N) is 2. The Balaban J connectivity index is 1.90. The van der Waals surface area contributed by atoms with Gasteiger partial charge in [-0.2, -0.15) is 0 Å². The molecule has 0 radical (unpaired) electrons. The maximum atomic E-state index is 10.5. The fourth-order valence-corrected chi connectivity index (χ4v) is 2.62. The molecule has 2 aromatic heterocycles. The summed E-state index contributed by atoms with van der Waals surface area (Å²) in [5.74, 6) is 0. The lowest BCUT2D eigenvalue weighted by molar-refractivity contribution is 0.215. The van der Waals surface area contributed by atoms with Crippen molar-refractivity contribution >= 4 is 0 Å². The quantitative estimate of drug-likeness (QED) is 0.670. The second-order valence-corrected chi connectivity index (χ2v) is 5.85. The molecule has 3 rings (SSSR count). The van der Waals surface area contributed by atoms with Gasteiger partial charge in [0.1, 0.15) is 6.10 Å². The van der Waals surface area contributed by atoms with Crippen LogP contribution in [0.15, 0.2) is 60.8 Å². The van der Waals surface area contributed by atoms with Crippen LogP contribution in [0.1, 0.15) is 42.6 Å². The molecule has 3 aromatic rings. The van der Waals surface area contributed by atoms with Crippen LogP contribution in [-0.4, -0.2) is 15.1 Å². The molecule has 0 aliphatic carbocycles. The number of aromatic nitrogens is 2. The smallest absolute Gasteiger partial charge is 0.119 e. The maximum Gasteiger partial charge on any atom is 0.119 e. The highest BCUT2D eigenvalue weighted by Crippen LogP contribution is 2.31. The summed E-state index contributed by atoms with van der Waals surface area (Å²) in [6.07, 6.45) is 1.30. The Morgan fingerprint density at radius 2 is 1.67 bits per heavy atom. The zero-order chi connectivity index (χ0) is 14.9. The molecule has 108 valence electrons. The molecule has 0 saturated carbocycles. The first-order valence-corrected chi connectivity index (χ1v) is 7.15. The van der Waals surface area contributed by atoms with Gasteiger partial charge in [0.15, 0.2) is 0 Å². The molecule has 0 bridgehead atoms. The molecule has 0 amide bonds. The molecule has 21 heavy (non-hydrogen) atoms. The van der Waals surface area contributed by atoms with Gasteiger partial charge in [-0.25, -0.2) is 0 Å². The molecule has 0 spiro atoms. The molecule has 1 unspecified atom stereocenters. The van der Waals surface area contributed by atoms with E-state index in [1.54, 1.807) is 0 Å². The summed E-state index contributed by atoms with van der Waals surface area (Å²) in [6.45, 7) is 4.31. The van der Waals surface area contributed by atoms with Crippen molar-refractivity contribution in [2.24, 2.45) is 0 Å². The molecular weight excluding hydrogens is 260 g/mol. The summed E-state index contributed by atoms with van der Waals surface area (Å²) in [5, 5.41) is 10.5. The van der Waals surface area contributed by atoms with Crippen LogP contribution in [0.5, 0.6) is 0 Å². The van der Waals surface area contributed by atoms with E-state index >= 15 is 0 Å². The normalized spacial score (nSPS) is 13.3. The average molecular weight is 280 g/mol. The first-order valence-electron chi connectivity index (χ1n) is 7.15. The summed E-state index contributed by atoms with van der Waals surface area (Å²) in [4.78, 5) is 6.63. The van der Waals surface area contributed by atoms with E-state index in [9.17, 15) is 5.11 Å². The minimum Gasteiger partial charge on any atom is -0.382 e. The van der Waals surface area contributed by atoms with Gasteiger partial charge in [-0.15, -0.1) is 0 Å². The number of aromatic amines is 2. The van der Waals surface area contributed by atoms with E-state index in [4.69, 9.17) is 0 Å². The Bertz CT molecular complexity index is 696. The third kappa shape index (κ3) is 2.52. The predicted molar refractivity (Wildman–Crippen MR) is 84.2 cm³/mol. The van der Waals surface area contributed by atoms with E-state index in [2.05, 4.69) is 29.9 Å². The van der Waals surface area contributed by atoms with Crippen LogP contribution >= 0.6 is 0 Å². The highest BCUT2D eigenvalue weighted by atomic mass is 16.3. The van der Waals surface area contributed by atoms with Crippen molar-refractivity contribution in [3.8, 4) is 0 Å². The third-order valence-electron chi connectivity index (χ3n) is 4.06. The molecular formula is C18H20N2O. The van der Waals surface area contributed by atoms with E-state index in [0.29, 0.717) is 0 Å². The summed E-state index contributed by atoms with van der Waals surface area (Å²) in [6, 6.07) is 17.8. The Labute approximate surface area is 124 Å². The van der Waals surface area contributed by atoms with Gasteiger partial charge < -0.3 is 15.1 Å². The van der Waals surface area contributed by atoms with Gasteiger partial charge in [-0.3, -0.25) is 0 Å². The number of rotatable bonds is 4. The van der Waals surface area contributed by atoms with Crippen LogP contribution in [0.4, 0.5) is 0 Å². The molecule has 3 nitrogen and oxygen atoms in total. The van der Waals surface area contributed by atoms with Crippen molar-refractivity contribution in [3.05, 3.63) is 83.4 Å². The minimum absolute atomic E-state index is 0.155. The molecule has 0 aliphatic heterocycles. The van der Waals surface area contributed by atoms with Crippen LogP contribution < -0.4 is 0 Å². The summed E-state index contributed by atoms with van der Waals surface area (Å²) >= 11 is 0. The van der Waals surface area contributed by atoms with Gasteiger partial charge in [0.05, 0.1) is 0 Å². The Morgan fingerprint density at radius 1 is 0.905 bits per heavy atom. The zero-order valence-electron chi connectivity index (χ0n) is 12.3. The van der Waals surface area contributed by atoms with Crippen LogP contribution in [0.3, 0.4) is 0 Å². The molecule has 1 atom stereocenters. The molecule has 3 N–H and O–H groups in total. The van der Waals surface area contributed by atoms with Crippen LogP contribution in [0.2, 0.25) is 0 Å². The molecule has 2 heterocycles. The summed E-state index contributed by atoms with van der Waals surface area (Å²) in [7, 11) is 0. The topological polar surface area (TPSA) is 51.8 Å². The predicted octanol–water partition coefficient (Wildman–Crippen LogP) is 3.75. The number of aliphatic hydroxyl groups excluding tert-OH is 1. The number of benzene rings is 1. The lowest BCUT2D eigenvalue weighted by Crippen LogP contribution is -2.20. The van der Waals surface area contributed by atoms with Crippen molar-refractivity contribution in [1.29, 1.82) is 0 Å². The van der Waals surface area contributed by atoms with Gasteiger partial charge in [0, 0.05) is 28.7 Å². The van der Waals surface area contributed by atoms with E-state index in [0.717, 1.165) is 22.6 Å². The molecule has 0 aliphatic rings. The van der Waals surface area contributed by atoms with Gasteiger partial charge in [0.25, 0.3) is 0 Å². The Hall–Kier alpha value is -2.26. The number of hydrogen-bond acceptors (Lipinski definition) is 1. The van der Waals surface area contributed by atoms with Gasteiger partial charge >= 0.3 is 0 Å². The van der Waals surface area contributed by atoms with E-state index < -0.39 is 6.10 Å². The number of H-pyrrole nitrogens is 2. The van der Waals surface area contributed by atoms with Crippen molar-refractivity contribution in [1.82, 2.24) is 9.97 Å². The minimum atomic E-state index is -0.626. The molecule has 3 heteroatoms. The SMILES string of the molecule is CC(C)(c1ccc[nH]1)c1ccc(C(O)c2ccccc2)[nH]1. The maximum absolute atomic E-state index is 10.5. The second-order valence-electron chi connectivity index (χ2n) is 5.85. The fraction of sp³-hybridized carbons (Fsp3) is 0.222.